The molecule has 1 aromatic heterocycles. The van der Waals surface area contributed by atoms with Crippen molar-refractivity contribution in [3.05, 3.63) is 71.0 Å². The number of amides is 1. The van der Waals surface area contributed by atoms with E-state index in [-0.39, 0.29) is 5.91 Å². The Kier molecular flexibility index (Phi) is 4.96. The molecular formula is C23H18N2O2S. The Bertz CT molecular complexity index is 1270. The monoisotopic (exact) mass is 386 g/mol. The van der Waals surface area contributed by atoms with Crippen LogP contribution in [-0.4, -0.2) is 17.1 Å². The summed E-state index contributed by atoms with van der Waals surface area (Å²) < 4.78 is 8.42. The highest BCUT2D eigenvalue weighted by Gasteiger charge is 2.11. The van der Waals surface area contributed by atoms with E-state index in [1.807, 2.05) is 29.7 Å². The zero-order chi connectivity index (χ0) is 19.5. The molecule has 3 aromatic carbocycles. The van der Waals surface area contributed by atoms with Crippen molar-refractivity contribution in [2.45, 2.75) is 13.5 Å². The molecule has 0 aliphatic carbocycles. The van der Waals surface area contributed by atoms with Crippen molar-refractivity contribution >= 4 is 38.2 Å². The summed E-state index contributed by atoms with van der Waals surface area (Å²) in [7, 11) is 0. The van der Waals surface area contributed by atoms with Crippen molar-refractivity contribution in [3.8, 4) is 18.1 Å². The third kappa shape index (κ3) is 3.30. The Morgan fingerprint density at radius 3 is 2.68 bits per heavy atom. The van der Waals surface area contributed by atoms with Gasteiger partial charge in [0.15, 0.2) is 4.80 Å². The van der Waals surface area contributed by atoms with Crippen LogP contribution in [0.15, 0.2) is 65.7 Å². The Hall–Kier alpha value is -3.36. The zero-order valence-corrected chi connectivity index (χ0v) is 16.2. The molecule has 4 aromatic rings. The molecule has 0 aliphatic heterocycles. The molecule has 138 valence electrons. The first kappa shape index (κ1) is 18.0. The quantitative estimate of drug-likeness (QED) is 0.480. The first-order valence-electron chi connectivity index (χ1n) is 8.97. The number of hydrogen-bond donors (Lipinski definition) is 0. The molecule has 0 bridgehead atoms. The lowest BCUT2D eigenvalue weighted by Crippen LogP contribution is -2.16. The highest BCUT2D eigenvalue weighted by atomic mass is 32.1. The number of ether oxygens (including phenoxy) is 1. The lowest BCUT2D eigenvalue weighted by Gasteiger charge is -2.03. The molecule has 1 amide bonds. The number of rotatable bonds is 4. The standard InChI is InChI=1S/C23H18N2O2S/c1-3-15-25-20-14-11-16-7-5-6-8-19(16)21(20)28-23(25)24-22(26)17-9-12-18(13-10-17)27-4-2/h1,5-14H,4,15H2,2H3. The zero-order valence-electron chi connectivity index (χ0n) is 15.4. The van der Waals surface area contributed by atoms with Crippen LogP contribution < -0.4 is 9.54 Å². The molecule has 0 atom stereocenters. The second-order valence-electron chi connectivity index (χ2n) is 6.18. The van der Waals surface area contributed by atoms with Crippen LogP contribution in [0, 0.1) is 12.3 Å². The van der Waals surface area contributed by atoms with Gasteiger partial charge in [0.05, 0.1) is 23.4 Å². The maximum absolute atomic E-state index is 12.7. The summed E-state index contributed by atoms with van der Waals surface area (Å²) in [4.78, 5) is 17.7. The number of terminal acetylenes is 1. The minimum absolute atomic E-state index is 0.301. The average molecular weight is 386 g/mol. The summed E-state index contributed by atoms with van der Waals surface area (Å²) in [5.41, 5.74) is 1.50. The van der Waals surface area contributed by atoms with Gasteiger partial charge in [0.25, 0.3) is 5.91 Å². The smallest absolute Gasteiger partial charge is 0.279 e. The third-order valence-corrected chi connectivity index (χ3v) is 5.56. The fourth-order valence-corrected chi connectivity index (χ4v) is 4.30. The van der Waals surface area contributed by atoms with Crippen molar-refractivity contribution in [2.24, 2.45) is 4.99 Å². The Morgan fingerprint density at radius 2 is 1.93 bits per heavy atom. The minimum atomic E-state index is -0.301. The SMILES string of the molecule is C#CCn1c(=NC(=O)c2ccc(OCC)cc2)sc2c3ccccc3ccc21. The molecule has 0 N–H and O–H groups in total. The van der Waals surface area contributed by atoms with E-state index in [0.29, 0.717) is 23.5 Å². The van der Waals surface area contributed by atoms with E-state index >= 15 is 0 Å². The fraction of sp³-hybridized carbons (Fsp3) is 0.130. The van der Waals surface area contributed by atoms with E-state index in [1.54, 1.807) is 24.3 Å². The fourth-order valence-electron chi connectivity index (χ4n) is 3.14. The molecule has 0 fully saturated rings. The molecular weight excluding hydrogens is 368 g/mol. The molecule has 0 radical (unpaired) electrons. The maximum atomic E-state index is 12.7. The predicted octanol–water partition coefficient (Wildman–Crippen LogP) is 4.63. The maximum Gasteiger partial charge on any atom is 0.279 e. The van der Waals surface area contributed by atoms with Gasteiger partial charge in [-0.2, -0.15) is 4.99 Å². The summed E-state index contributed by atoms with van der Waals surface area (Å²) in [6.45, 7) is 2.86. The molecule has 5 heteroatoms. The van der Waals surface area contributed by atoms with Crippen LogP contribution in [-0.2, 0) is 6.54 Å². The predicted molar refractivity (Wildman–Crippen MR) is 114 cm³/mol. The number of thiazole rings is 1. The second kappa shape index (κ2) is 7.71. The van der Waals surface area contributed by atoms with Gasteiger partial charge in [-0.05, 0) is 42.6 Å². The average Bonchev–Trinajstić information content (AvgIpc) is 3.07. The van der Waals surface area contributed by atoms with Crippen molar-refractivity contribution in [3.63, 3.8) is 0 Å². The van der Waals surface area contributed by atoms with Crippen LogP contribution in [0.25, 0.3) is 21.0 Å². The van der Waals surface area contributed by atoms with Crippen molar-refractivity contribution in [1.29, 1.82) is 0 Å². The topological polar surface area (TPSA) is 43.6 Å². The van der Waals surface area contributed by atoms with E-state index in [9.17, 15) is 4.79 Å². The van der Waals surface area contributed by atoms with E-state index in [4.69, 9.17) is 11.2 Å². The summed E-state index contributed by atoms with van der Waals surface area (Å²) in [5, 5.41) is 2.28. The van der Waals surface area contributed by atoms with Gasteiger partial charge < -0.3 is 9.30 Å². The Morgan fingerprint density at radius 1 is 1.14 bits per heavy atom. The number of carbonyl (C=O) groups is 1. The lowest BCUT2D eigenvalue weighted by atomic mass is 10.1. The molecule has 0 saturated heterocycles. The number of aromatic nitrogens is 1. The van der Waals surface area contributed by atoms with Gasteiger partial charge in [-0.15, -0.1) is 6.42 Å². The number of fused-ring (bicyclic) bond motifs is 3. The first-order chi connectivity index (χ1) is 13.7. The number of hydrogen-bond acceptors (Lipinski definition) is 3. The van der Waals surface area contributed by atoms with Crippen LogP contribution >= 0.6 is 11.3 Å². The van der Waals surface area contributed by atoms with E-state index < -0.39 is 0 Å². The second-order valence-corrected chi connectivity index (χ2v) is 7.16. The highest BCUT2D eigenvalue weighted by molar-refractivity contribution is 7.17. The van der Waals surface area contributed by atoms with Crippen molar-refractivity contribution in [2.75, 3.05) is 6.61 Å². The molecule has 28 heavy (non-hydrogen) atoms. The van der Waals surface area contributed by atoms with Gasteiger partial charge in [0, 0.05) is 10.9 Å². The Balaban J connectivity index is 1.84. The third-order valence-electron chi connectivity index (χ3n) is 4.43. The summed E-state index contributed by atoms with van der Waals surface area (Å²) in [6.07, 6.45) is 5.57. The minimum Gasteiger partial charge on any atom is -0.494 e. The largest absolute Gasteiger partial charge is 0.494 e. The molecule has 4 nitrogen and oxygen atoms in total. The van der Waals surface area contributed by atoms with Gasteiger partial charge in [0.1, 0.15) is 5.75 Å². The molecule has 4 rings (SSSR count). The van der Waals surface area contributed by atoms with Gasteiger partial charge in [-0.3, -0.25) is 4.79 Å². The van der Waals surface area contributed by atoms with Gasteiger partial charge in [0.2, 0.25) is 0 Å². The number of carbonyl (C=O) groups excluding carboxylic acids is 1. The normalized spacial score (nSPS) is 11.6. The van der Waals surface area contributed by atoms with Gasteiger partial charge in [-0.25, -0.2) is 0 Å². The van der Waals surface area contributed by atoms with Gasteiger partial charge >= 0.3 is 0 Å². The molecule has 0 saturated carbocycles. The van der Waals surface area contributed by atoms with E-state index in [1.165, 1.54) is 11.3 Å². The highest BCUT2D eigenvalue weighted by Crippen LogP contribution is 2.27. The Labute approximate surface area is 166 Å². The first-order valence-corrected chi connectivity index (χ1v) is 9.79. The van der Waals surface area contributed by atoms with Crippen molar-refractivity contribution < 1.29 is 9.53 Å². The summed E-state index contributed by atoms with van der Waals surface area (Å²) in [5.74, 6) is 3.10. The van der Waals surface area contributed by atoms with Crippen molar-refractivity contribution in [1.82, 2.24) is 4.57 Å². The van der Waals surface area contributed by atoms with Crippen LogP contribution in [0.2, 0.25) is 0 Å². The van der Waals surface area contributed by atoms with E-state index in [2.05, 4.69) is 29.1 Å². The molecule has 0 aliphatic rings. The molecule has 0 unspecified atom stereocenters. The molecule has 1 heterocycles. The summed E-state index contributed by atoms with van der Waals surface area (Å²) in [6, 6.07) is 19.3. The van der Waals surface area contributed by atoms with Crippen LogP contribution in [0.4, 0.5) is 0 Å². The number of benzene rings is 3. The van der Waals surface area contributed by atoms with Crippen LogP contribution in [0.1, 0.15) is 17.3 Å². The molecule has 0 spiro atoms. The van der Waals surface area contributed by atoms with Gasteiger partial charge in [-0.1, -0.05) is 47.6 Å². The number of nitrogens with zero attached hydrogens (tertiary/aromatic N) is 2. The van der Waals surface area contributed by atoms with E-state index in [0.717, 1.165) is 26.7 Å². The summed E-state index contributed by atoms with van der Waals surface area (Å²) >= 11 is 1.48. The van der Waals surface area contributed by atoms with Crippen LogP contribution in [0.3, 0.4) is 0 Å². The van der Waals surface area contributed by atoms with Crippen LogP contribution in [0.5, 0.6) is 5.75 Å². The lowest BCUT2D eigenvalue weighted by molar-refractivity contribution is 0.0998.